The van der Waals surface area contributed by atoms with Gasteiger partial charge >= 0.3 is 0 Å². The van der Waals surface area contributed by atoms with Crippen molar-refractivity contribution in [2.24, 2.45) is 0 Å². The topological polar surface area (TPSA) is 69.0 Å². The summed E-state index contributed by atoms with van der Waals surface area (Å²) in [6.45, 7) is 5.88. The Morgan fingerprint density at radius 2 is 1.81 bits per heavy atom. The number of pyridine rings is 1. The third kappa shape index (κ3) is 4.00. The molecule has 0 amide bonds. The van der Waals surface area contributed by atoms with Crippen molar-refractivity contribution in [3.8, 4) is 11.1 Å². The quantitative estimate of drug-likeness (QED) is 0.426. The molecule has 0 aliphatic heterocycles. The molecule has 0 atom stereocenters. The Bertz CT molecular complexity index is 1340. The van der Waals surface area contributed by atoms with Gasteiger partial charge in [-0.2, -0.15) is 4.98 Å². The largest absolute Gasteiger partial charge is 0.412 e. The molecule has 0 aliphatic rings. The highest BCUT2D eigenvalue weighted by Crippen LogP contribution is 2.33. The van der Waals surface area contributed by atoms with E-state index in [-0.39, 0.29) is 0 Å². The van der Waals surface area contributed by atoms with Crippen LogP contribution in [0.5, 0.6) is 0 Å². The molecule has 4 aromatic rings. The molecule has 0 unspecified atom stereocenters. The molecule has 2 heterocycles. The van der Waals surface area contributed by atoms with Gasteiger partial charge in [-0.05, 0) is 42.8 Å². The molecule has 2 aromatic heterocycles. The Labute approximate surface area is 188 Å². The average Bonchev–Trinajstić information content (AvgIpc) is 2.74. The maximum absolute atomic E-state index is 13.1. The molecule has 4 rings (SSSR count). The summed E-state index contributed by atoms with van der Waals surface area (Å²) >= 11 is 12.6. The second-order valence-corrected chi connectivity index (χ2v) is 7.71. The van der Waals surface area contributed by atoms with Gasteiger partial charge in [-0.15, -0.1) is 4.73 Å². The van der Waals surface area contributed by atoms with Crippen molar-refractivity contribution in [1.29, 1.82) is 0 Å². The molecule has 156 valence electrons. The van der Waals surface area contributed by atoms with E-state index in [2.05, 4.69) is 21.9 Å². The van der Waals surface area contributed by atoms with Crippen LogP contribution in [0, 0.1) is 0 Å². The van der Waals surface area contributed by atoms with E-state index in [1.807, 2.05) is 31.2 Å². The van der Waals surface area contributed by atoms with Crippen molar-refractivity contribution < 1.29 is 4.84 Å². The van der Waals surface area contributed by atoms with E-state index in [4.69, 9.17) is 28.0 Å². The molecule has 0 radical (unpaired) electrons. The lowest BCUT2D eigenvalue weighted by molar-refractivity contribution is 0.168. The predicted molar refractivity (Wildman–Crippen MR) is 126 cm³/mol. The zero-order valence-electron chi connectivity index (χ0n) is 16.8. The monoisotopic (exact) mass is 452 g/mol. The molecule has 0 saturated carbocycles. The molecule has 0 aliphatic carbocycles. The fourth-order valence-corrected chi connectivity index (χ4v) is 3.80. The number of fused-ring (bicyclic) bond motifs is 1. The summed E-state index contributed by atoms with van der Waals surface area (Å²) < 4.78 is 1.10. The van der Waals surface area contributed by atoms with Crippen molar-refractivity contribution >= 4 is 51.4 Å². The van der Waals surface area contributed by atoms with Crippen molar-refractivity contribution in [2.75, 3.05) is 12.4 Å². The van der Waals surface area contributed by atoms with Crippen LogP contribution in [0.3, 0.4) is 0 Å². The van der Waals surface area contributed by atoms with Crippen LogP contribution in [-0.2, 0) is 0 Å². The molecular weight excluding hydrogens is 435 g/mol. The number of hydrogen-bond donors (Lipinski definition) is 1. The van der Waals surface area contributed by atoms with Gasteiger partial charge in [0.2, 0.25) is 5.95 Å². The van der Waals surface area contributed by atoms with Crippen LogP contribution in [0.2, 0.25) is 10.0 Å². The number of anilines is 2. The van der Waals surface area contributed by atoms with E-state index in [1.165, 1.54) is 7.11 Å². The summed E-state index contributed by atoms with van der Waals surface area (Å²) in [5.74, 6) is 0.323. The first-order chi connectivity index (χ1) is 14.9. The number of rotatable bonds is 5. The predicted octanol–water partition coefficient (Wildman–Crippen LogP) is 5.60. The van der Waals surface area contributed by atoms with Gasteiger partial charge in [-0.1, -0.05) is 53.6 Å². The van der Waals surface area contributed by atoms with Gasteiger partial charge in [-0.3, -0.25) is 4.79 Å². The molecule has 0 spiro atoms. The maximum Gasteiger partial charge on any atom is 0.293 e. The van der Waals surface area contributed by atoms with Crippen LogP contribution in [0.15, 0.2) is 66.1 Å². The Morgan fingerprint density at radius 3 is 2.42 bits per heavy atom. The van der Waals surface area contributed by atoms with Gasteiger partial charge in [0.25, 0.3) is 5.56 Å². The fraction of sp³-hybridized carbons (Fsp3) is 0.0870. The smallest absolute Gasteiger partial charge is 0.293 e. The zero-order valence-corrected chi connectivity index (χ0v) is 18.3. The summed E-state index contributed by atoms with van der Waals surface area (Å²) in [6, 6.07) is 14.4. The lowest BCUT2D eigenvalue weighted by Gasteiger charge is -2.13. The first-order valence-electron chi connectivity index (χ1n) is 9.33. The lowest BCUT2D eigenvalue weighted by Crippen LogP contribution is -2.27. The third-order valence-electron chi connectivity index (χ3n) is 4.75. The molecule has 0 saturated heterocycles. The SMILES string of the molecule is C=C(C)c1ccc(Nc2ncc3cc(-c4c(Cl)cccc4Cl)c(=O)n(OC)c3n2)cc1. The van der Waals surface area contributed by atoms with Crippen molar-refractivity contribution in [1.82, 2.24) is 14.7 Å². The Balaban J connectivity index is 1.80. The number of halogens is 2. The second kappa shape index (κ2) is 8.41. The van der Waals surface area contributed by atoms with Crippen molar-refractivity contribution in [3.05, 3.63) is 87.3 Å². The highest BCUT2D eigenvalue weighted by Gasteiger charge is 2.18. The number of nitrogens with zero attached hydrogens (tertiary/aromatic N) is 3. The zero-order chi connectivity index (χ0) is 22.1. The van der Waals surface area contributed by atoms with Crippen molar-refractivity contribution in [2.45, 2.75) is 6.92 Å². The van der Waals surface area contributed by atoms with E-state index < -0.39 is 5.56 Å². The molecule has 6 nitrogen and oxygen atoms in total. The van der Waals surface area contributed by atoms with Gasteiger partial charge in [0.15, 0.2) is 5.65 Å². The van der Waals surface area contributed by atoms with Gasteiger partial charge < -0.3 is 10.2 Å². The summed E-state index contributed by atoms with van der Waals surface area (Å²) in [4.78, 5) is 27.3. The van der Waals surface area contributed by atoms with E-state index >= 15 is 0 Å². The average molecular weight is 453 g/mol. The van der Waals surface area contributed by atoms with Crippen LogP contribution in [0.4, 0.5) is 11.6 Å². The van der Waals surface area contributed by atoms with Crippen LogP contribution in [0.1, 0.15) is 12.5 Å². The molecule has 31 heavy (non-hydrogen) atoms. The molecule has 0 fully saturated rings. The number of allylic oxidation sites excluding steroid dienone is 1. The number of nitrogens with one attached hydrogen (secondary N) is 1. The second-order valence-electron chi connectivity index (χ2n) is 6.89. The highest BCUT2D eigenvalue weighted by molar-refractivity contribution is 6.39. The lowest BCUT2D eigenvalue weighted by atomic mass is 10.1. The van der Waals surface area contributed by atoms with Crippen molar-refractivity contribution in [3.63, 3.8) is 0 Å². The van der Waals surface area contributed by atoms with E-state index in [9.17, 15) is 4.79 Å². The molecular formula is C23H18Cl2N4O2. The standard InChI is InChI=1S/C23H18Cl2N4O2/c1-13(2)14-7-9-16(10-8-14)27-23-26-12-15-11-17(20-18(24)5-4-6-19(20)25)22(30)29(31-3)21(15)28-23/h4-12H,1H2,2-3H3,(H,26,27,28). The van der Waals surface area contributed by atoms with E-state index in [0.29, 0.717) is 38.2 Å². The molecule has 1 N–H and O–H groups in total. The van der Waals surface area contributed by atoms with E-state index in [0.717, 1.165) is 21.6 Å². The Kier molecular flexibility index (Phi) is 5.67. The van der Waals surface area contributed by atoms with Gasteiger partial charge in [0.1, 0.15) is 7.11 Å². The van der Waals surface area contributed by atoms with Crippen LogP contribution in [0.25, 0.3) is 27.7 Å². The van der Waals surface area contributed by atoms with Gasteiger partial charge in [0.05, 0.1) is 15.6 Å². The summed E-state index contributed by atoms with van der Waals surface area (Å²) in [6.07, 6.45) is 1.61. The fourth-order valence-electron chi connectivity index (χ4n) is 3.20. The summed E-state index contributed by atoms with van der Waals surface area (Å²) in [7, 11) is 1.39. The first-order valence-corrected chi connectivity index (χ1v) is 10.1. The summed E-state index contributed by atoms with van der Waals surface area (Å²) in [5, 5.41) is 4.46. The number of aromatic nitrogens is 3. The number of benzene rings is 2. The molecule has 2 aromatic carbocycles. The number of hydrogen-bond acceptors (Lipinski definition) is 5. The minimum atomic E-state index is -0.430. The molecule has 8 heteroatoms. The Hall–Kier alpha value is -3.35. The van der Waals surface area contributed by atoms with E-state index in [1.54, 1.807) is 30.5 Å². The highest BCUT2D eigenvalue weighted by atomic mass is 35.5. The minimum absolute atomic E-state index is 0.296. The van der Waals surface area contributed by atoms with Crippen LogP contribution >= 0.6 is 23.2 Å². The third-order valence-corrected chi connectivity index (χ3v) is 5.38. The van der Waals surface area contributed by atoms with Crippen LogP contribution in [-0.4, -0.2) is 21.8 Å². The molecule has 0 bridgehead atoms. The van der Waals surface area contributed by atoms with Crippen LogP contribution < -0.4 is 15.7 Å². The first kappa shape index (κ1) is 20.9. The van der Waals surface area contributed by atoms with Gasteiger partial charge in [-0.25, -0.2) is 4.98 Å². The minimum Gasteiger partial charge on any atom is -0.412 e. The van der Waals surface area contributed by atoms with Gasteiger partial charge in [0, 0.05) is 22.8 Å². The maximum atomic E-state index is 13.1. The summed E-state index contributed by atoms with van der Waals surface area (Å²) in [5.41, 5.74) is 3.44. The normalized spacial score (nSPS) is 10.8. The Morgan fingerprint density at radius 1 is 1.13 bits per heavy atom.